The predicted molar refractivity (Wildman–Crippen MR) is 118 cm³/mol. The first-order chi connectivity index (χ1) is 13.3. The average molecular weight is 530 g/mol. The van der Waals surface area contributed by atoms with Gasteiger partial charge < -0.3 is 5.32 Å². The van der Waals surface area contributed by atoms with E-state index in [2.05, 4.69) is 27.9 Å². The van der Waals surface area contributed by atoms with Gasteiger partial charge in [-0.25, -0.2) is 12.8 Å². The van der Waals surface area contributed by atoms with Crippen LogP contribution < -0.4 is 9.62 Å². The number of sulfonamides is 1. The maximum Gasteiger partial charge on any atom is 0.274 e. The third-order valence-electron chi connectivity index (χ3n) is 3.90. The molecule has 0 saturated heterocycles. The smallest absolute Gasteiger partial charge is 0.274 e. The summed E-state index contributed by atoms with van der Waals surface area (Å²) in [4.78, 5) is 12.6. The molecule has 0 aliphatic heterocycles. The van der Waals surface area contributed by atoms with E-state index >= 15 is 0 Å². The molecule has 1 N–H and O–H groups in total. The number of aryl methyl sites for hydroxylation is 1. The zero-order valence-corrected chi connectivity index (χ0v) is 18.5. The number of nitrogens with zero attached hydrogens (tertiary/aromatic N) is 1. The molecule has 28 heavy (non-hydrogen) atoms. The van der Waals surface area contributed by atoms with Gasteiger partial charge in [0.25, 0.3) is 10.0 Å². The number of carbonyl (C=O) groups is 1. The molecule has 0 unspecified atom stereocenters. The number of amides is 1. The Morgan fingerprint density at radius 1 is 1.18 bits per heavy atom. The molecule has 5 nitrogen and oxygen atoms in total. The van der Waals surface area contributed by atoms with Crippen LogP contribution in [0.25, 0.3) is 0 Å². The number of halogens is 2. The van der Waals surface area contributed by atoms with E-state index in [1.807, 2.05) is 19.1 Å². The third kappa shape index (κ3) is 4.70. The summed E-state index contributed by atoms with van der Waals surface area (Å²) in [6, 6.07) is 13.6. The van der Waals surface area contributed by atoms with E-state index in [0.717, 1.165) is 36.9 Å². The Labute approximate surface area is 180 Å². The van der Waals surface area contributed by atoms with Crippen LogP contribution in [0.5, 0.6) is 0 Å². The highest BCUT2D eigenvalue weighted by Gasteiger charge is 2.28. The molecule has 1 heterocycles. The summed E-state index contributed by atoms with van der Waals surface area (Å²) in [7, 11) is -3.96. The molecule has 0 aliphatic rings. The molecule has 3 aromatic rings. The van der Waals surface area contributed by atoms with E-state index in [0.29, 0.717) is 5.69 Å². The Kier molecular flexibility index (Phi) is 6.36. The number of rotatable bonds is 6. The molecular weight excluding hydrogens is 514 g/mol. The Hall–Kier alpha value is -1.98. The van der Waals surface area contributed by atoms with Crippen molar-refractivity contribution in [2.24, 2.45) is 0 Å². The molecule has 2 aromatic carbocycles. The summed E-state index contributed by atoms with van der Waals surface area (Å²) in [5.74, 6) is -0.982. The lowest BCUT2D eigenvalue weighted by molar-refractivity contribution is -0.114. The Morgan fingerprint density at radius 2 is 1.89 bits per heavy atom. The van der Waals surface area contributed by atoms with Crippen LogP contribution in [-0.4, -0.2) is 20.9 Å². The van der Waals surface area contributed by atoms with Crippen molar-refractivity contribution >= 4 is 61.2 Å². The zero-order chi connectivity index (χ0) is 20.3. The highest BCUT2D eigenvalue weighted by atomic mass is 127. The van der Waals surface area contributed by atoms with Gasteiger partial charge in [-0.2, -0.15) is 0 Å². The van der Waals surface area contributed by atoms with E-state index in [9.17, 15) is 17.6 Å². The van der Waals surface area contributed by atoms with Crippen molar-refractivity contribution in [3.8, 4) is 0 Å². The standard InChI is InChI=1S/C19H16FIN2O3S2/c1-13-11-15(21)6-9-17(13)22-18(24)12-23(16-7-4-14(20)5-8-16)28(25,26)19-3-2-10-27-19/h2-11H,12H2,1H3,(H,22,24). The first kappa shape index (κ1) is 20.7. The van der Waals surface area contributed by atoms with Gasteiger partial charge >= 0.3 is 0 Å². The van der Waals surface area contributed by atoms with Gasteiger partial charge in [0.05, 0.1) is 5.69 Å². The van der Waals surface area contributed by atoms with E-state index in [4.69, 9.17) is 0 Å². The van der Waals surface area contributed by atoms with Crippen molar-refractivity contribution in [2.75, 3.05) is 16.2 Å². The summed E-state index contributed by atoms with van der Waals surface area (Å²) in [6.07, 6.45) is 0. The van der Waals surface area contributed by atoms with Crippen LogP contribution in [-0.2, 0) is 14.8 Å². The molecule has 0 radical (unpaired) electrons. The highest BCUT2D eigenvalue weighted by molar-refractivity contribution is 14.1. The lowest BCUT2D eigenvalue weighted by Gasteiger charge is -2.23. The molecule has 0 spiro atoms. The number of hydrogen-bond acceptors (Lipinski definition) is 4. The number of benzene rings is 2. The minimum atomic E-state index is -3.96. The second kappa shape index (κ2) is 8.58. The van der Waals surface area contributed by atoms with Gasteiger partial charge in [0, 0.05) is 9.26 Å². The molecule has 1 amide bonds. The molecule has 0 fully saturated rings. The van der Waals surface area contributed by atoms with Crippen LogP contribution >= 0.6 is 33.9 Å². The van der Waals surface area contributed by atoms with Crippen molar-refractivity contribution in [3.63, 3.8) is 0 Å². The number of nitrogens with one attached hydrogen (secondary N) is 1. The predicted octanol–water partition coefficient (Wildman–Crippen LogP) is 4.63. The van der Waals surface area contributed by atoms with Crippen molar-refractivity contribution in [2.45, 2.75) is 11.1 Å². The molecule has 9 heteroatoms. The summed E-state index contributed by atoms with van der Waals surface area (Å²) < 4.78 is 41.5. The summed E-state index contributed by atoms with van der Waals surface area (Å²) in [5, 5.41) is 4.39. The van der Waals surface area contributed by atoms with E-state index in [-0.39, 0.29) is 9.90 Å². The van der Waals surface area contributed by atoms with Crippen molar-refractivity contribution in [1.29, 1.82) is 0 Å². The molecule has 0 saturated carbocycles. The van der Waals surface area contributed by atoms with Crippen LogP contribution in [0.3, 0.4) is 0 Å². The van der Waals surface area contributed by atoms with Crippen LogP contribution in [0.15, 0.2) is 64.2 Å². The fourth-order valence-corrected chi connectivity index (χ4v) is 5.70. The maximum absolute atomic E-state index is 13.3. The minimum Gasteiger partial charge on any atom is -0.324 e. The third-order valence-corrected chi connectivity index (χ3v) is 7.72. The second-order valence-electron chi connectivity index (χ2n) is 5.93. The van der Waals surface area contributed by atoms with Crippen LogP contribution in [0, 0.1) is 16.3 Å². The number of carbonyl (C=O) groups excluding carboxylic acids is 1. The van der Waals surface area contributed by atoms with Crippen LogP contribution in [0.1, 0.15) is 5.56 Å². The van der Waals surface area contributed by atoms with Gasteiger partial charge in [-0.15, -0.1) is 11.3 Å². The molecule has 3 rings (SSSR count). The van der Waals surface area contributed by atoms with Crippen molar-refractivity contribution in [1.82, 2.24) is 0 Å². The molecule has 1 aromatic heterocycles. The average Bonchev–Trinajstić information content (AvgIpc) is 3.18. The van der Waals surface area contributed by atoms with Crippen molar-refractivity contribution < 1.29 is 17.6 Å². The van der Waals surface area contributed by atoms with Crippen molar-refractivity contribution in [3.05, 3.63) is 74.9 Å². The maximum atomic E-state index is 13.3. The largest absolute Gasteiger partial charge is 0.324 e. The SMILES string of the molecule is Cc1cc(I)ccc1NC(=O)CN(c1ccc(F)cc1)S(=O)(=O)c1cccs1. The molecule has 0 bridgehead atoms. The quantitative estimate of drug-likeness (QED) is 0.473. The Bertz CT molecular complexity index is 1080. The molecule has 0 aliphatic carbocycles. The van der Waals surface area contributed by atoms with Gasteiger partial charge in [0.15, 0.2) is 0 Å². The first-order valence-corrected chi connectivity index (χ1v) is 11.5. The van der Waals surface area contributed by atoms with E-state index in [1.54, 1.807) is 17.5 Å². The first-order valence-electron chi connectivity index (χ1n) is 8.15. The molecular formula is C19H16FIN2O3S2. The van der Waals surface area contributed by atoms with E-state index in [1.165, 1.54) is 18.2 Å². The van der Waals surface area contributed by atoms with Gasteiger partial charge in [0.2, 0.25) is 5.91 Å². The van der Waals surface area contributed by atoms with Crippen LogP contribution in [0.4, 0.5) is 15.8 Å². The molecule has 0 atom stereocenters. The highest BCUT2D eigenvalue weighted by Crippen LogP contribution is 2.27. The van der Waals surface area contributed by atoms with Gasteiger partial charge in [-0.05, 0) is 89.0 Å². The Balaban J connectivity index is 1.91. The normalized spacial score (nSPS) is 11.2. The lowest BCUT2D eigenvalue weighted by atomic mass is 10.2. The summed E-state index contributed by atoms with van der Waals surface area (Å²) >= 11 is 3.23. The Morgan fingerprint density at radius 3 is 2.50 bits per heavy atom. The number of thiophene rings is 1. The fourth-order valence-electron chi connectivity index (χ4n) is 2.53. The van der Waals surface area contributed by atoms with Gasteiger partial charge in [-0.1, -0.05) is 6.07 Å². The lowest BCUT2D eigenvalue weighted by Crippen LogP contribution is -2.38. The van der Waals surface area contributed by atoms with Crippen LogP contribution in [0.2, 0.25) is 0 Å². The fraction of sp³-hybridized carbons (Fsp3) is 0.105. The van der Waals surface area contributed by atoms with Gasteiger partial charge in [0.1, 0.15) is 16.6 Å². The zero-order valence-electron chi connectivity index (χ0n) is 14.7. The minimum absolute atomic E-state index is 0.107. The molecule has 146 valence electrons. The summed E-state index contributed by atoms with van der Waals surface area (Å²) in [5.41, 5.74) is 1.69. The van der Waals surface area contributed by atoms with Gasteiger partial charge in [-0.3, -0.25) is 9.10 Å². The monoisotopic (exact) mass is 530 g/mol. The second-order valence-corrected chi connectivity index (χ2v) is 10.2. The number of anilines is 2. The number of hydrogen-bond donors (Lipinski definition) is 1. The summed E-state index contributed by atoms with van der Waals surface area (Å²) in [6.45, 7) is 1.43. The topological polar surface area (TPSA) is 66.5 Å². The van der Waals surface area contributed by atoms with E-state index < -0.39 is 28.3 Å².